The molecule has 29 heavy (non-hydrogen) atoms. The Balaban J connectivity index is 1.57. The van der Waals surface area contributed by atoms with Crippen LogP contribution in [0.1, 0.15) is 16.2 Å². The summed E-state index contributed by atoms with van der Waals surface area (Å²) in [6.45, 7) is -0.537. The number of rotatable bonds is 4. The Kier molecular flexibility index (Phi) is 4.59. The van der Waals surface area contributed by atoms with Gasteiger partial charge in [0.15, 0.2) is 11.6 Å². The van der Waals surface area contributed by atoms with Crippen LogP contribution in [0.2, 0.25) is 0 Å². The molecule has 0 amide bonds. The van der Waals surface area contributed by atoms with Crippen LogP contribution in [0.25, 0.3) is 27.4 Å². The second-order valence-electron chi connectivity index (χ2n) is 6.33. The predicted octanol–water partition coefficient (Wildman–Crippen LogP) is 4.07. The molecule has 0 saturated carbocycles. The number of carbonyl (C=O) groups excluding carboxylic acids is 1. The number of nitriles is 1. The zero-order valence-corrected chi connectivity index (χ0v) is 15.1. The average Bonchev–Trinajstić information content (AvgIpc) is 3.15. The average molecular weight is 385 g/mol. The predicted molar refractivity (Wildman–Crippen MR) is 107 cm³/mol. The van der Waals surface area contributed by atoms with Crippen LogP contribution < -0.4 is 0 Å². The molecule has 3 aromatic carbocycles. The van der Waals surface area contributed by atoms with E-state index in [1.807, 2.05) is 30.3 Å². The third-order valence-electron chi connectivity index (χ3n) is 4.45. The highest BCUT2D eigenvalue weighted by Crippen LogP contribution is 2.26. The number of nitrogens with zero attached hydrogens (tertiary/aromatic N) is 2. The number of hydrogen-bond acceptors (Lipinski definition) is 6. The Hall–Kier alpha value is -4.31. The number of ether oxygens (including phenoxy) is 1. The Bertz CT molecular complexity index is 1280. The van der Waals surface area contributed by atoms with Crippen LogP contribution in [0.5, 0.6) is 5.75 Å². The first-order valence-electron chi connectivity index (χ1n) is 8.73. The smallest absolute Gasteiger partial charge is 0.342 e. The quantitative estimate of drug-likeness (QED) is 0.277. The van der Waals surface area contributed by atoms with Gasteiger partial charge in [0.25, 0.3) is 0 Å². The molecule has 1 heterocycles. The fourth-order valence-electron chi connectivity index (χ4n) is 3.00. The van der Waals surface area contributed by atoms with Crippen LogP contribution in [0, 0.1) is 11.3 Å². The summed E-state index contributed by atoms with van der Waals surface area (Å²) >= 11 is 0. The molecular formula is C22H15N3O4. The third kappa shape index (κ3) is 3.47. The summed E-state index contributed by atoms with van der Waals surface area (Å²) in [5.41, 5.74) is 1.19. The van der Waals surface area contributed by atoms with Crippen LogP contribution in [0.4, 0.5) is 0 Å². The molecule has 1 aromatic heterocycles. The second-order valence-corrected chi connectivity index (χ2v) is 6.33. The Morgan fingerprint density at radius 1 is 1.10 bits per heavy atom. The molecule has 0 aliphatic rings. The zero-order valence-electron chi connectivity index (χ0n) is 15.1. The van der Waals surface area contributed by atoms with Gasteiger partial charge in [0.1, 0.15) is 29.6 Å². The van der Waals surface area contributed by atoms with Crippen molar-refractivity contribution in [3.63, 3.8) is 0 Å². The zero-order chi connectivity index (χ0) is 20.4. The molecule has 0 atom stereocenters. The van der Waals surface area contributed by atoms with Crippen LogP contribution in [0.3, 0.4) is 0 Å². The number of allylic oxidation sites excluding steroid dienone is 1. The van der Waals surface area contributed by atoms with Crippen molar-refractivity contribution in [3.05, 3.63) is 77.8 Å². The molecule has 0 radical (unpaired) electrons. The van der Waals surface area contributed by atoms with Gasteiger partial charge in [0.05, 0.1) is 11.0 Å². The number of para-hydroxylation sites is 2. The first-order valence-corrected chi connectivity index (χ1v) is 8.73. The lowest BCUT2D eigenvalue weighted by atomic mass is 10.1. The Morgan fingerprint density at radius 3 is 2.52 bits per heavy atom. The summed E-state index contributed by atoms with van der Waals surface area (Å²) in [5, 5.41) is 31.3. The molecule has 0 spiro atoms. The fraction of sp³-hybridized carbons (Fsp3) is 0.0455. The van der Waals surface area contributed by atoms with E-state index in [1.165, 1.54) is 12.1 Å². The number of aliphatic hydroxyl groups is 1. The van der Waals surface area contributed by atoms with Gasteiger partial charge in [-0.25, -0.2) is 9.78 Å². The van der Waals surface area contributed by atoms with E-state index in [0.717, 1.165) is 10.8 Å². The molecule has 7 heteroatoms. The van der Waals surface area contributed by atoms with Crippen molar-refractivity contribution < 1.29 is 19.7 Å². The van der Waals surface area contributed by atoms with Gasteiger partial charge in [-0.15, -0.1) is 0 Å². The summed E-state index contributed by atoms with van der Waals surface area (Å²) in [7, 11) is 0. The number of aromatic amines is 1. The molecule has 0 fully saturated rings. The maximum absolute atomic E-state index is 12.4. The number of aromatic nitrogens is 2. The molecule has 142 valence electrons. The number of imidazole rings is 1. The third-order valence-corrected chi connectivity index (χ3v) is 4.45. The molecule has 7 nitrogen and oxygen atoms in total. The number of aromatic hydroxyl groups is 1. The van der Waals surface area contributed by atoms with Crippen molar-refractivity contribution in [2.75, 3.05) is 6.61 Å². The minimum Gasteiger partial charge on any atom is -0.507 e. The van der Waals surface area contributed by atoms with E-state index in [1.54, 1.807) is 24.3 Å². The molecular weight excluding hydrogens is 370 g/mol. The first kappa shape index (κ1) is 18.1. The molecule has 0 bridgehead atoms. The highest BCUT2D eigenvalue weighted by Gasteiger charge is 2.18. The van der Waals surface area contributed by atoms with Crippen LogP contribution in [-0.4, -0.2) is 32.8 Å². The lowest BCUT2D eigenvalue weighted by Crippen LogP contribution is -2.09. The summed E-state index contributed by atoms with van der Waals surface area (Å²) in [6.07, 6.45) is 0. The van der Waals surface area contributed by atoms with Crippen molar-refractivity contribution in [2.45, 2.75) is 0 Å². The second kappa shape index (κ2) is 7.37. The normalized spacial score (nSPS) is 11.8. The maximum Gasteiger partial charge on any atom is 0.342 e. The van der Waals surface area contributed by atoms with Crippen molar-refractivity contribution in [1.82, 2.24) is 9.97 Å². The van der Waals surface area contributed by atoms with Gasteiger partial charge >= 0.3 is 5.97 Å². The van der Waals surface area contributed by atoms with Gasteiger partial charge in [-0.3, -0.25) is 0 Å². The number of phenolic OH excluding ortho intramolecular Hbond substituents is 1. The molecule has 3 N–H and O–H groups in total. The number of hydrogen-bond donors (Lipinski definition) is 3. The van der Waals surface area contributed by atoms with E-state index in [0.29, 0.717) is 11.0 Å². The van der Waals surface area contributed by atoms with Crippen molar-refractivity contribution in [2.24, 2.45) is 0 Å². The number of benzene rings is 3. The van der Waals surface area contributed by atoms with Gasteiger partial charge < -0.3 is 19.9 Å². The number of aliphatic hydroxyl groups excluding tert-OH is 1. The van der Waals surface area contributed by atoms with Gasteiger partial charge in [-0.05, 0) is 35.0 Å². The highest BCUT2D eigenvalue weighted by molar-refractivity contribution is 5.98. The molecule has 0 aliphatic heterocycles. The summed E-state index contributed by atoms with van der Waals surface area (Å²) in [4.78, 5) is 19.6. The molecule has 4 aromatic rings. The summed E-state index contributed by atoms with van der Waals surface area (Å²) in [5.74, 6) is -1.31. The van der Waals surface area contributed by atoms with Gasteiger partial charge in [-0.1, -0.05) is 36.4 Å². The van der Waals surface area contributed by atoms with E-state index in [-0.39, 0.29) is 22.7 Å². The lowest BCUT2D eigenvalue weighted by molar-refractivity contribution is 0.0499. The van der Waals surface area contributed by atoms with Gasteiger partial charge in [0, 0.05) is 0 Å². The fourth-order valence-corrected chi connectivity index (χ4v) is 3.00. The maximum atomic E-state index is 12.4. The van der Waals surface area contributed by atoms with Crippen molar-refractivity contribution >= 4 is 33.3 Å². The van der Waals surface area contributed by atoms with Crippen LogP contribution in [0.15, 0.2) is 66.4 Å². The standard InChI is InChI=1S/C22H15N3O4/c23-11-16(21-24-17-7-3-4-8-18(17)25-21)20(27)12-29-22(28)15-9-13-5-1-2-6-14(13)10-19(15)26/h1-10,26-27H,12H2,(H,24,25). The Morgan fingerprint density at radius 2 is 1.79 bits per heavy atom. The monoisotopic (exact) mass is 385 g/mol. The van der Waals surface area contributed by atoms with E-state index < -0.39 is 18.3 Å². The topological polar surface area (TPSA) is 119 Å². The minimum atomic E-state index is -0.818. The van der Waals surface area contributed by atoms with E-state index in [4.69, 9.17) is 4.74 Å². The molecule has 4 rings (SSSR count). The van der Waals surface area contributed by atoms with Gasteiger partial charge in [-0.2, -0.15) is 5.26 Å². The number of fused-ring (bicyclic) bond motifs is 2. The summed E-state index contributed by atoms with van der Waals surface area (Å²) < 4.78 is 5.10. The Labute approximate surface area is 165 Å². The number of nitrogens with one attached hydrogen (secondary N) is 1. The van der Waals surface area contributed by atoms with E-state index in [2.05, 4.69) is 9.97 Å². The van der Waals surface area contributed by atoms with Gasteiger partial charge in [0.2, 0.25) is 0 Å². The van der Waals surface area contributed by atoms with Crippen LogP contribution >= 0.6 is 0 Å². The lowest BCUT2D eigenvalue weighted by Gasteiger charge is -2.08. The molecule has 0 unspecified atom stereocenters. The number of esters is 1. The van der Waals surface area contributed by atoms with E-state index in [9.17, 15) is 20.3 Å². The van der Waals surface area contributed by atoms with Crippen LogP contribution in [-0.2, 0) is 4.74 Å². The largest absolute Gasteiger partial charge is 0.507 e. The minimum absolute atomic E-state index is 0.0289. The summed E-state index contributed by atoms with van der Waals surface area (Å²) in [6, 6.07) is 19.3. The number of phenols is 1. The van der Waals surface area contributed by atoms with Crippen molar-refractivity contribution in [3.8, 4) is 11.8 Å². The SMILES string of the molecule is N#CC(=C(O)COC(=O)c1cc2ccccc2cc1O)c1nc2ccccc2[nH]1. The number of H-pyrrole nitrogens is 1. The number of carbonyl (C=O) groups is 1. The molecule has 0 aliphatic carbocycles. The highest BCUT2D eigenvalue weighted by atomic mass is 16.5. The van der Waals surface area contributed by atoms with E-state index >= 15 is 0 Å². The first-order chi connectivity index (χ1) is 14.1. The molecule has 0 saturated heterocycles. The van der Waals surface area contributed by atoms with Crippen molar-refractivity contribution in [1.29, 1.82) is 5.26 Å².